The van der Waals surface area contributed by atoms with Gasteiger partial charge in [0.05, 0.1) is 11.6 Å². The molecule has 34 heavy (non-hydrogen) atoms. The number of ether oxygens (including phenoxy) is 1. The van der Waals surface area contributed by atoms with Gasteiger partial charge in [-0.2, -0.15) is 0 Å². The van der Waals surface area contributed by atoms with Crippen LogP contribution in [0.3, 0.4) is 0 Å². The summed E-state index contributed by atoms with van der Waals surface area (Å²) in [6.45, 7) is 4.66. The lowest BCUT2D eigenvalue weighted by molar-refractivity contribution is -0.118. The highest BCUT2D eigenvalue weighted by atomic mass is 16.6. The third-order valence-electron chi connectivity index (χ3n) is 6.94. The molecule has 0 radical (unpaired) electrons. The fourth-order valence-corrected chi connectivity index (χ4v) is 5.51. The predicted molar refractivity (Wildman–Crippen MR) is 129 cm³/mol. The number of hydrogen-bond donors (Lipinski definition) is 2. The van der Waals surface area contributed by atoms with E-state index in [9.17, 15) is 19.5 Å². The van der Waals surface area contributed by atoms with Gasteiger partial charge < -0.3 is 24.6 Å². The van der Waals surface area contributed by atoms with E-state index < -0.39 is 12.2 Å². The van der Waals surface area contributed by atoms with Crippen molar-refractivity contribution in [3.8, 4) is 5.75 Å². The molecule has 1 aromatic carbocycles. The Morgan fingerprint density at radius 1 is 1.26 bits per heavy atom. The van der Waals surface area contributed by atoms with Crippen LogP contribution in [0.4, 0.5) is 4.79 Å². The number of para-hydroxylation sites is 1. The molecule has 2 aromatic rings. The Hall–Kier alpha value is -2.91. The van der Waals surface area contributed by atoms with Crippen molar-refractivity contribution in [1.82, 2.24) is 19.7 Å². The van der Waals surface area contributed by atoms with Crippen molar-refractivity contribution in [2.75, 3.05) is 20.1 Å². The van der Waals surface area contributed by atoms with E-state index in [-0.39, 0.29) is 35.5 Å². The van der Waals surface area contributed by atoms with Gasteiger partial charge in [-0.15, -0.1) is 0 Å². The molecule has 3 heterocycles. The fraction of sp³-hybridized carbons (Fsp3) is 0.560. The van der Waals surface area contributed by atoms with Gasteiger partial charge in [0.15, 0.2) is 5.75 Å². The molecule has 2 aliphatic heterocycles. The largest absolute Gasteiger partial charge is 0.413 e. The van der Waals surface area contributed by atoms with Crippen LogP contribution >= 0.6 is 0 Å². The Labute approximate surface area is 199 Å². The number of likely N-dealkylation sites (N-methyl/N-ethyl adjacent to an activating group) is 1. The number of aliphatic hydroxyl groups excluding tert-OH is 1. The Bertz CT molecular complexity index is 1090. The molecule has 9 nitrogen and oxygen atoms in total. The van der Waals surface area contributed by atoms with Crippen LogP contribution in [0, 0.1) is 0 Å². The summed E-state index contributed by atoms with van der Waals surface area (Å²) in [5.74, 6) is 0.0210. The van der Waals surface area contributed by atoms with E-state index in [1.165, 1.54) is 4.90 Å². The topological polar surface area (TPSA) is 104 Å². The second-order valence-corrected chi connectivity index (χ2v) is 9.82. The molecular formula is C25H34N4O5. The van der Waals surface area contributed by atoms with Crippen molar-refractivity contribution in [1.29, 1.82) is 0 Å². The first kappa shape index (κ1) is 24.2. The molecule has 2 amide bonds. The number of nitrogens with zero attached hydrogens (tertiary/aromatic N) is 3. The highest BCUT2D eigenvalue weighted by molar-refractivity contribution is 5.81. The number of aliphatic hydroxyl groups is 1. The minimum Gasteiger partial charge on any atom is -0.404 e. The van der Waals surface area contributed by atoms with E-state index in [1.807, 2.05) is 38.1 Å². The Kier molecular flexibility index (Phi) is 7.23. The number of benzene rings is 1. The van der Waals surface area contributed by atoms with Gasteiger partial charge in [-0.05, 0) is 51.7 Å². The van der Waals surface area contributed by atoms with Crippen molar-refractivity contribution in [3.63, 3.8) is 0 Å². The number of aromatic nitrogens is 1. The highest BCUT2D eigenvalue weighted by Crippen LogP contribution is 2.35. The maximum absolute atomic E-state index is 13.0. The number of carbonyl (C=O) groups excluding carboxylic acids is 2. The van der Waals surface area contributed by atoms with E-state index in [0.29, 0.717) is 19.5 Å². The highest BCUT2D eigenvalue weighted by Gasteiger charge is 2.41. The number of hydrogen-bond acceptors (Lipinski definition) is 6. The summed E-state index contributed by atoms with van der Waals surface area (Å²) < 4.78 is 7.15. The summed E-state index contributed by atoms with van der Waals surface area (Å²) in [4.78, 5) is 40.3. The fourth-order valence-electron chi connectivity index (χ4n) is 5.51. The zero-order valence-electron chi connectivity index (χ0n) is 20.0. The van der Waals surface area contributed by atoms with Crippen molar-refractivity contribution < 1.29 is 19.4 Å². The first-order chi connectivity index (χ1) is 16.3. The van der Waals surface area contributed by atoms with Gasteiger partial charge in [-0.25, -0.2) is 4.79 Å². The molecule has 9 heteroatoms. The molecule has 0 aliphatic carbocycles. The monoisotopic (exact) mass is 470 g/mol. The molecule has 2 saturated heterocycles. The summed E-state index contributed by atoms with van der Waals surface area (Å²) in [5.41, 5.74) is 0.480. The SMILES string of the molecule is CC(C)n1c(=O)c(OC(=O)NC2C[C@H]3CC[C@@H](C2)N3C[C@@H](O)CN(C)C=O)cc2ccccc21. The summed E-state index contributed by atoms with van der Waals surface area (Å²) in [5, 5.41) is 14.1. The first-order valence-corrected chi connectivity index (χ1v) is 12.0. The second kappa shape index (κ2) is 10.1. The average molecular weight is 471 g/mol. The number of rotatable bonds is 8. The third kappa shape index (κ3) is 5.10. The smallest absolute Gasteiger partial charge is 0.404 e. The number of fused-ring (bicyclic) bond motifs is 3. The number of piperidine rings is 1. The average Bonchev–Trinajstić information content (AvgIpc) is 3.01. The van der Waals surface area contributed by atoms with Gasteiger partial charge in [0, 0.05) is 49.7 Å². The molecule has 2 bridgehead atoms. The molecule has 184 valence electrons. The van der Waals surface area contributed by atoms with Crippen LogP contribution < -0.4 is 15.6 Å². The van der Waals surface area contributed by atoms with Crippen LogP contribution in [0.2, 0.25) is 0 Å². The van der Waals surface area contributed by atoms with Gasteiger partial charge in [0.2, 0.25) is 6.41 Å². The van der Waals surface area contributed by atoms with E-state index in [4.69, 9.17) is 4.74 Å². The van der Waals surface area contributed by atoms with Crippen LogP contribution in [-0.2, 0) is 4.79 Å². The van der Waals surface area contributed by atoms with Gasteiger partial charge in [-0.1, -0.05) is 18.2 Å². The molecule has 2 aliphatic rings. The first-order valence-electron chi connectivity index (χ1n) is 12.0. The molecule has 4 atom stereocenters. The van der Waals surface area contributed by atoms with Gasteiger partial charge in [0.1, 0.15) is 0 Å². The lowest BCUT2D eigenvalue weighted by atomic mass is 9.97. The minimum absolute atomic E-state index is 0.0210. The predicted octanol–water partition coefficient (Wildman–Crippen LogP) is 2.12. The van der Waals surface area contributed by atoms with Crippen LogP contribution in [0.15, 0.2) is 35.1 Å². The van der Waals surface area contributed by atoms with Gasteiger partial charge in [0.25, 0.3) is 5.56 Å². The Morgan fingerprint density at radius 3 is 2.59 bits per heavy atom. The standard InChI is InChI=1S/C25H34N4O5/c1-16(2)29-22-7-5-4-6-17(22)10-23(24(29)32)34-25(33)26-18-11-19-8-9-20(12-18)28(19)14-21(31)13-27(3)15-30/h4-7,10,15-16,18-21,31H,8-9,11-14H2,1-3H3,(H,26,33)/t18?,19-,20+,21-/m0/s1. The summed E-state index contributed by atoms with van der Waals surface area (Å²) >= 11 is 0. The Morgan fingerprint density at radius 2 is 1.94 bits per heavy atom. The quantitative estimate of drug-likeness (QED) is 0.573. The minimum atomic E-state index is -0.617. The van der Waals surface area contributed by atoms with E-state index in [2.05, 4.69) is 10.2 Å². The van der Waals surface area contributed by atoms with E-state index in [0.717, 1.165) is 36.6 Å². The lowest BCUT2D eigenvalue weighted by Gasteiger charge is -2.40. The molecule has 1 unspecified atom stereocenters. The molecule has 2 fully saturated rings. The van der Waals surface area contributed by atoms with Crippen molar-refractivity contribution in [2.24, 2.45) is 0 Å². The zero-order chi connectivity index (χ0) is 24.4. The van der Waals surface area contributed by atoms with E-state index >= 15 is 0 Å². The second-order valence-electron chi connectivity index (χ2n) is 9.82. The molecule has 0 saturated carbocycles. The van der Waals surface area contributed by atoms with Gasteiger partial charge >= 0.3 is 6.09 Å². The lowest BCUT2D eigenvalue weighted by Crippen LogP contribution is -2.53. The van der Waals surface area contributed by atoms with Gasteiger partial charge in [-0.3, -0.25) is 14.5 Å². The maximum Gasteiger partial charge on any atom is 0.413 e. The molecule has 2 N–H and O–H groups in total. The summed E-state index contributed by atoms with van der Waals surface area (Å²) in [6, 6.07) is 9.57. The number of nitrogens with one attached hydrogen (secondary N) is 1. The van der Waals surface area contributed by atoms with Crippen molar-refractivity contribution in [2.45, 2.75) is 69.8 Å². The normalized spacial score (nSPS) is 23.1. The zero-order valence-corrected chi connectivity index (χ0v) is 20.0. The van der Waals surface area contributed by atoms with Crippen LogP contribution in [-0.4, -0.2) is 76.3 Å². The van der Waals surface area contributed by atoms with E-state index in [1.54, 1.807) is 17.7 Å². The number of pyridine rings is 1. The summed E-state index contributed by atoms with van der Waals surface area (Å²) in [6.07, 6.45) is 3.03. The number of carbonyl (C=O) groups is 2. The van der Waals surface area contributed by atoms with Crippen LogP contribution in [0.25, 0.3) is 10.9 Å². The molecule has 4 rings (SSSR count). The maximum atomic E-state index is 13.0. The molecule has 0 spiro atoms. The molecular weight excluding hydrogens is 436 g/mol. The van der Waals surface area contributed by atoms with Crippen molar-refractivity contribution >= 4 is 23.4 Å². The van der Waals surface area contributed by atoms with Crippen LogP contribution in [0.5, 0.6) is 5.75 Å². The molecule has 1 aromatic heterocycles. The number of amides is 2. The van der Waals surface area contributed by atoms with Crippen molar-refractivity contribution in [3.05, 3.63) is 40.7 Å². The van der Waals surface area contributed by atoms with Crippen LogP contribution in [0.1, 0.15) is 45.6 Å². The third-order valence-corrected chi connectivity index (χ3v) is 6.94. The summed E-state index contributed by atoms with van der Waals surface area (Å²) in [7, 11) is 1.65. The Balaban J connectivity index is 1.40.